The predicted octanol–water partition coefficient (Wildman–Crippen LogP) is 2.97. The maximum absolute atomic E-state index is 12.9. The zero-order chi connectivity index (χ0) is 14.8. The van der Waals surface area contributed by atoms with Crippen LogP contribution in [0.5, 0.6) is 0 Å². The Bertz CT molecular complexity index is 810. The van der Waals surface area contributed by atoms with Crippen LogP contribution < -0.4 is 10.9 Å². The van der Waals surface area contributed by atoms with Crippen molar-refractivity contribution < 1.29 is 4.39 Å². The number of rotatable bonds is 4. The summed E-state index contributed by atoms with van der Waals surface area (Å²) in [5, 5.41) is 5.12. The van der Waals surface area contributed by atoms with Crippen molar-refractivity contribution >= 4 is 21.6 Å². The van der Waals surface area contributed by atoms with Gasteiger partial charge < -0.3 is 10.3 Å². The molecule has 0 aliphatic carbocycles. The molecule has 0 saturated carbocycles. The van der Waals surface area contributed by atoms with E-state index in [-0.39, 0.29) is 17.4 Å². The van der Waals surface area contributed by atoms with Gasteiger partial charge in [-0.25, -0.2) is 9.37 Å². The summed E-state index contributed by atoms with van der Waals surface area (Å²) >= 11 is 1.38. The second kappa shape index (κ2) is 5.75. The minimum absolute atomic E-state index is 0.0362. The molecule has 3 aromatic rings. The monoisotopic (exact) mass is 303 g/mol. The molecule has 1 unspecified atom stereocenters. The van der Waals surface area contributed by atoms with Crippen LogP contribution in [-0.4, -0.2) is 9.97 Å². The van der Waals surface area contributed by atoms with E-state index in [0.717, 1.165) is 11.1 Å². The Morgan fingerprint density at radius 3 is 2.86 bits per heavy atom. The number of H-pyrrole nitrogens is 1. The summed E-state index contributed by atoms with van der Waals surface area (Å²) in [5.74, 6) is 0.347. The van der Waals surface area contributed by atoms with E-state index in [0.29, 0.717) is 17.1 Å². The van der Waals surface area contributed by atoms with Crippen LogP contribution >= 0.6 is 11.3 Å². The normalized spacial score (nSPS) is 12.7. The molecule has 1 aromatic carbocycles. The molecular formula is C15H14FN3OS. The number of hydrogen-bond donors (Lipinski definition) is 2. The van der Waals surface area contributed by atoms with Gasteiger partial charge in [0.05, 0.1) is 12.1 Å². The number of nitrogens with zero attached hydrogens (tertiary/aromatic N) is 1. The Kier molecular flexibility index (Phi) is 3.81. The summed E-state index contributed by atoms with van der Waals surface area (Å²) in [6, 6.07) is 8.23. The van der Waals surface area contributed by atoms with Crippen LogP contribution in [0.25, 0.3) is 10.2 Å². The number of nitrogens with one attached hydrogen (secondary N) is 2. The van der Waals surface area contributed by atoms with Crippen LogP contribution in [0.2, 0.25) is 0 Å². The van der Waals surface area contributed by atoms with Crippen molar-refractivity contribution in [1.29, 1.82) is 0 Å². The van der Waals surface area contributed by atoms with Crippen molar-refractivity contribution in [2.75, 3.05) is 0 Å². The van der Waals surface area contributed by atoms with E-state index >= 15 is 0 Å². The number of thiophene rings is 1. The third kappa shape index (κ3) is 3.01. The Labute approximate surface area is 124 Å². The first-order valence-corrected chi connectivity index (χ1v) is 7.46. The Hall–Kier alpha value is -2.05. The predicted molar refractivity (Wildman–Crippen MR) is 81.9 cm³/mol. The number of aromatic nitrogens is 2. The van der Waals surface area contributed by atoms with Crippen LogP contribution in [-0.2, 0) is 6.54 Å². The van der Waals surface area contributed by atoms with Gasteiger partial charge in [-0.05, 0) is 36.1 Å². The molecule has 0 aliphatic rings. The molecule has 108 valence electrons. The van der Waals surface area contributed by atoms with Crippen LogP contribution in [0.4, 0.5) is 4.39 Å². The Balaban J connectivity index is 1.73. The summed E-state index contributed by atoms with van der Waals surface area (Å²) in [4.78, 5) is 19.0. The molecule has 0 fully saturated rings. The summed E-state index contributed by atoms with van der Waals surface area (Å²) < 4.78 is 13.5. The van der Waals surface area contributed by atoms with E-state index in [1.54, 1.807) is 12.1 Å². The van der Waals surface area contributed by atoms with Gasteiger partial charge in [0.25, 0.3) is 5.56 Å². The summed E-state index contributed by atoms with van der Waals surface area (Å²) in [6.07, 6.45) is 0. The molecule has 2 heterocycles. The van der Waals surface area contributed by atoms with E-state index in [9.17, 15) is 9.18 Å². The number of halogens is 1. The topological polar surface area (TPSA) is 57.8 Å². The molecule has 21 heavy (non-hydrogen) atoms. The van der Waals surface area contributed by atoms with Crippen molar-refractivity contribution in [2.24, 2.45) is 0 Å². The lowest BCUT2D eigenvalue weighted by Crippen LogP contribution is -2.22. The number of hydrogen-bond acceptors (Lipinski definition) is 4. The second-order valence-corrected chi connectivity index (χ2v) is 5.72. The Morgan fingerprint density at radius 2 is 2.10 bits per heavy atom. The van der Waals surface area contributed by atoms with Crippen molar-refractivity contribution in [3.63, 3.8) is 0 Å². The molecular weight excluding hydrogens is 289 g/mol. The molecule has 6 heteroatoms. The SMILES string of the molecule is CC(NCc1nc2ccsc2c(=O)[nH]1)c1ccc(F)cc1. The zero-order valence-corrected chi connectivity index (χ0v) is 12.2. The van der Waals surface area contributed by atoms with Gasteiger partial charge in [-0.2, -0.15) is 0 Å². The third-order valence-electron chi connectivity index (χ3n) is 3.31. The fourth-order valence-corrected chi connectivity index (χ4v) is 2.85. The minimum atomic E-state index is -0.250. The van der Waals surface area contributed by atoms with E-state index in [1.807, 2.05) is 18.4 Å². The molecule has 3 rings (SSSR count). The molecule has 2 aromatic heterocycles. The van der Waals surface area contributed by atoms with Gasteiger partial charge in [-0.3, -0.25) is 4.79 Å². The minimum Gasteiger partial charge on any atom is -0.308 e. The van der Waals surface area contributed by atoms with Crippen LogP contribution in [0.3, 0.4) is 0 Å². The van der Waals surface area contributed by atoms with E-state index in [1.165, 1.54) is 23.5 Å². The highest BCUT2D eigenvalue weighted by atomic mass is 32.1. The zero-order valence-electron chi connectivity index (χ0n) is 11.4. The van der Waals surface area contributed by atoms with Gasteiger partial charge in [-0.15, -0.1) is 11.3 Å². The van der Waals surface area contributed by atoms with Crippen molar-refractivity contribution in [2.45, 2.75) is 19.5 Å². The fourth-order valence-electron chi connectivity index (χ4n) is 2.12. The van der Waals surface area contributed by atoms with Gasteiger partial charge in [0.2, 0.25) is 0 Å². The molecule has 0 amide bonds. The van der Waals surface area contributed by atoms with Gasteiger partial charge in [-0.1, -0.05) is 12.1 Å². The smallest absolute Gasteiger partial charge is 0.268 e. The number of benzene rings is 1. The molecule has 4 nitrogen and oxygen atoms in total. The first-order valence-electron chi connectivity index (χ1n) is 6.59. The van der Waals surface area contributed by atoms with Gasteiger partial charge in [0, 0.05) is 6.04 Å². The average molecular weight is 303 g/mol. The molecule has 0 spiro atoms. The highest BCUT2D eigenvalue weighted by molar-refractivity contribution is 7.17. The lowest BCUT2D eigenvalue weighted by molar-refractivity contribution is 0.557. The van der Waals surface area contributed by atoms with E-state index < -0.39 is 0 Å². The van der Waals surface area contributed by atoms with Crippen LogP contribution in [0.15, 0.2) is 40.5 Å². The summed E-state index contributed by atoms with van der Waals surface area (Å²) in [5.41, 5.74) is 1.59. The van der Waals surface area contributed by atoms with Crippen molar-refractivity contribution in [3.8, 4) is 0 Å². The van der Waals surface area contributed by atoms with Crippen LogP contribution in [0.1, 0.15) is 24.4 Å². The summed E-state index contributed by atoms with van der Waals surface area (Å²) in [6.45, 7) is 2.42. The molecule has 0 bridgehead atoms. The largest absolute Gasteiger partial charge is 0.308 e. The third-order valence-corrected chi connectivity index (χ3v) is 4.21. The van der Waals surface area contributed by atoms with Crippen molar-refractivity contribution in [3.05, 3.63) is 63.3 Å². The highest BCUT2D eigenvalue weighted by Gasteiger charge is 2.08. The van der Waals surface area contributed by atoms with Gasteiger partial charge in [0.15, 0.2) is 0 Å². The molecule has 0 aliphatic heterocycles. The lowest BCUT2D eigenvalue weighted by Gasteiger charge is -2.13. The second-order valence-electron chi connectivity index (χ2n) is 4.80. The quantitative estimate of drug-likeness (QED) is 0.779. The maximum atomic E-state index is 12.9. The number of aromatic amines is 1. The van der Waals surface area contributed by atoms with E-state index in [4.69, 9.17) is 0 Å². The van der Waals surface area contributed by atoms with Crippen LogP contribution in [0, 0.1) is 5.82 Å². The molecule has 0 radical (unpaired) electrons. The molecule has 0 saturated heterocycles. The van der Waals surface area contributed by atoms with Gasteiger partial charge >= 0.3 is 0 Å². The highest BCUT2D eigenvalue weighted by Crippen LogP contribution is 2.15. The van der Waals surface area contributed by atoms with Gasteiger partial charge in [0.1, 0.15) is 16.3 Å². The first kappa shape index (κ1) is 13.9. The fraction of sp³-hybridized carbons (Fsp3) is 0.200. The first-order chi connectivity index (χ1) is 10.1. The summed E-state index contributed by atoms with van der Waals surface area (Å²) in [7, 11) is 0. The Morgan fingerprint density at radius 1 is 1.33 bits per heavy atom. The van der Waals surface area contributed by atoms with E-state index in [2.05, 4.69) is 15.3 Å². The maximum Gasteiger partial charge on any atom is 0.268 e. The number of fused-ring (bicyclic) bond motifs is 1. The lowest BCUT2D eigenvalue weighted by atomic mass is 10.1. The molecule has 2 N–H and O–H groups in total. The van der Waals surface area contributed by atoms with Crippen molar-refractivity contribution in [1.82, 2.24) is 15.3 Å². The standard InChI is InChI=1S/C15H14FN3OS/c1-9(10-2-4-11(16)5-3-10)17-8-13-18-12-6-7-21-14(12)15(20)19-13/h2-7,9,17H,8H2,1H3,(H,18,19,20). The molecule has 1 atom stereocenters. The average Bonchev–Trinajstić information content (AvgIpc) is 2.94.